The molecule has 1 atom stereocenters. The number of hydrogen-bond acceptors (Lipinski definition) is 3. The highest BCUT2D eigenvalue weighted by Gasteiger charge is 2.06. The summed E-state index contributed by atoms with van der Waals surface area (Å²) in [6, 6.07) is 1.97. The lowest BCUT2D eigenvalue weighted by Crippen LogP contribution is -2.14. The zero-order chi connectivity index (χ0) is 10.4. The maximum atomic E-state index is 4.51. The lowest BCUT2D eigenvalue weighted by Gasteiger charge is -2.08. The number of aromatic nitrogens is 2. The molecule has 0 aliphatic rings. The van der Waals surface area contributed by atoms with Gasteiger partial charge in [-0.15, -0.1) is 0 Å². The van der Waals surface area contributed by atoms with Gasteiger partial charge in [-0.2, -0.15) is 0 Å². The highest BCUT2D eigenvalue weighted by atomic mass is 14.9. The van der Waals surface area contributed by atoms with Crippen molar-refractivity contribution in [1.29, 1.82) is 0 Å². The van der Waals surface area contributed by atoms with Gasteiger partial charge in [0, 0.05) is 18.7 Å². The fourth-order valence-corrected chi connectivity index (χ4v) is 1.18. The Labute approximate surface area is 86.0 Å². The molecule has 3 heteroatoms. The van der Waals surface area contributed by atoms with Crippen molar-refractivity contribution in [1.82, 2.24) is 15.3 Å². The molecule has 0 fully saturated rings. The van der Waals surface area contributed by atoms with Crippen LogP contribution in [0.15, 0.2) is 12.3 Å². The summed E-state index contributed by atoms with van der Waals surface area (Å²) in [5, 5.41) is 3.26. The first-order valence-corrected chi connectivity index (χ1v) is 5.30. The third-order valence-corrected chi connectivity index (χ3v) is 2.34. The van der Waals surface area contributed by atoms with E-state index in [9.17, 15) is 0 Å². The maximum Gasteiger partial charge on any atom is 0.131 e. The molecule has 0 amide bonds. The second-order valence-corrected chi connectivity index (χ2v) is 3.50. The third-order valence-electron chi connectivity index (χ3n) is 2.34. The predicted molar refractivity (Wildman–Crippen MR) is 58.1 cm³/mol. The molecule has 0 radical (unpaired) electrons. The highest BCUT2D eigenvalue weighted by Crippen LogP contribution is 2.13. The number of rotatable bonds is 5. The molecule has 0 aliphatic carbocycles. The van der Waals surface area contributed by atoms with Crippen molar-refractivity contribution in [3.63, 3.8) is 0 Å². The number of nitrogens with zero attached hydrogens (tertiary/aromatic N) is 2. The molecule has 3 nitrogen and oxygen atoms in total. The molecule has 78 valence electrons. The third kappa shape index (κ3) is 3.07. The van der Waals surface area contributed by atoms with Crippen LogP contribution in [0.25, 0.3) is 0 Å². The fourth-order valence-electron chi connectivity index (χ4n) is 1.18. The second-order valence-electron chi connectivity index (χ2n) is 3.50. The maximum absolute atomic E-state index is 4.51. The Morgan fingerprint density at radius 1 is 1.43 bits per heavy atom. The molecule has 1 rings (SSSR count). The van der Waals surface area contributed by atoms with Crippen LogP contribution in [0.2, 0.25) is 0 Å². The first-order valence-electron chi connectivity index (χ1n) is 5.30. The molecule has 1 N–H and O–H groups in total. The minimum absolute atomic E-state index is 0.455. The molecule has 1 unspecified atom stereocenters. The van der Waals surface area contributed by atoms with Crippen LogP contribution >= 0.6 is 0 Å². The summed E-state index contributed by atoms with van der Waals surface area (Å²) in [7, 11) is 0. The van der Waals surface area contributed by atoms with Crippen LogP contribution in [-0.4, -0.2) is 16.5 Å². The first kappa shape index (κ1) is 11.1. The summed E-state index contributed by atoms with van der Waals surface area (Å²) in [5.41, 5.74) is 1.08. The van der Waals surface area contributed by atoms with E-state index < -0.39 is 0 Å². The highest BCUT2D eigenvalue weighted by molar-refractivity contribution is 5.04. The monoisotopic (exact) mass is 193 g/mol. The summed E-state index contributed by atoms with van der Waals surface area (Å²) < 4.78 is 0. The van der Waals surface area contributed by atoms with Crippen LogP contribution in [0.3, 0.4) is 0 Å². The van der Waals surface area contributed by atoms with E-state index in [1.54, 1.807) is 0 Å². The van der Waals surface area contributed by atoms with Crippen LogP contribution in [0, 0.1) is 0 Å². The average Bonchev–Trinajstić information content (AvgIpc) is 2.25. The minimum Gasteiger partial charge on any atom is -0.311 e. The molecule has 0 saturated carbocycles. The van der Waals surface area contributed by atoms with Gasteiger partial charge in [-0.25, -0.2) is 9.97 Å². The Morgan fingerprint density at radius 3 is 2.86 bits per heavy atom. The molecule has 0 aliphatic heterocycles. The normalized spacial score (nSPS) is 12.8. The Bertz CT molecular complexity index is 273. The SMILES string of the molecule is CCNCc1ccnc(C(C)CC)n1. The summed E-state index contributed by atoms with van der Waals surface area (Å²) in [6.07, 6.45) is 2.94. The van der Waals surface area contributed by atoms with Crippen LogP contribution in [-0.2, 0) is 6.54 Å². The second kappa shape index (κ2) is 5.70. The molecule has 0 spiro atoms. The number of nitrogens with one attached hydrogen (secondary N) is 1. The van der Waals surface area contributed by atoms with Crippen molar-refractivity contribution < 1.29 is 0 Å². The van der Waals surface area contributed by atoms with E-state index in [1.165, 1.54) is 0 Å². The van der Waals surface area contributed by atoms with Crippen LogP contribution in [0.4, 0.5) is 0 Å². The van der Waals surface area contributed by atoms with Crippen molar-refractivity contribution in [2.45, 2.75) is 39.7 Å². The quantitative estimate of drug-likeness (QED) is 0.778. The molecule has 1 heterocycles. The van der Waals surface area contributed by atoms with Gasteiger partial charge < -0.3 is 5.32 Å². The van der Waals surface area contributed by atoms with E-state index in [1.807, 2.05) is 12.3 Å². The van der Waals surface area contributed by atoms with E-state index >= 15 is 0 Å². The molecule has 0 saturated heterocycles. The first-order chi connectivity index (χ1) is 6.77. The van der Waals surface area contributed by atoms with E-state index in [4.69, 9.17) is 0 Å². The summed E-state index contributed by atoms with van der Waals surface area (Å²) in [4.78, 5) is 8.79. The molecule has 0 aromatic carbocycles. The summed E-state index contributed by atoms with van der Waals surface area (Å²) in [6.45, 7) is 8.22. The van der Waals surface area contributed by atoms with Gasteiger partial charge in [0.05, 0.1) is 5.69 Å². The van der Waals surface area contributed by atoms with Crippen LogP contribution in [0.1, 0.15) is 44.6 Å². The van der Waals surface area contributed by atoms with Crippen molar-refractivity contribution in [2.75, 3.05) is 6.54 Å². The van der Waals surface area contributed by atoms with E-state index in [-0.39, 0.29) is 0 Å². The lowest BCUT2D eigenvalue weighted by molar-refractivity contribution is 0.652. The topological polar surface area (TPSA) is 37.8 Å². The van der Waals surface area contributed by atoms with Gasteiger partial charge in [-0.05, 0) is 19.0 Å². The molecule has 0 bridgehead atoms. The van der Waals surface area contributed by atoms with Crippen molar-refractivity contribution in [2.24, 2.45) is 0 Å². The van der Waals surface area contributed by atoms with Gasteiger partial charge in [-0.1, -0.05) is 20.8 Å². The largest absolute Gasteiger partial charge is 0.311 e. The van der Waals surface area contributed by atoms with Gasteiger partial charge in [0.1, 0.15) is 5.82 Å². The summed E-state index contributed by atoms with van der Waals surface area (Å²) >= 11 is 0. The average molecular weight is 193 g/mol. The Balaban J connectivity index is 2.68. The lowest BCUT2D eigenvalue weighted by atomic mass is 10.1. The van der Waals surface area contributed by atoms with Gasteiger partial charge in [0.25, 0.3) is 0 Å². The van der Waals surface area contributed by atoms with Crippen LogP contribution < -0.4 is 5.32 Å². The van der Waals surface area contributed by atoms with Gasteiger partial charge in [0.15, 0.2) is 0 Å². The molecule has 1 aromatic heterocycles. The van der Waals surface area contributed by atoms with E-state index in [0.29, 0.717) is 5.92 Å². The van der Waals surface area contributed by atoms with E-state index in [2.05, 4.69) is 36.1 Å². The summed E-state index contributed by atoms with van der Waals surface area (Å²) in [5.74, 6) is 1.42. The van der Waals surface area contributed by atoms with Crippen molar-refractivity contribution in [3.05, 3.63) is 23.8 Å². The Hall–Kier alpha value is -0.960. The number of hydrogen-bond donors (Lipinski definition) is 1. The predicted octanol–water partition coefficient (Wildman–Crippen LogP) is 2.10. The molecule has 14 heavy (non-hydrogen) atoms. The van der Waals surface area contributed by atoms with Gasteiger partial charge >= 0.3 is 0 Å². The zero-order valence-corrected chi connectivity index (χ0v) is 9.25. The molecular formula is C11H19N3. The zero-order valence-electron chi connectivity index (χ0n) is 9.25. The Morgan fingerprint density at radius 2 is 2.21 bits per heavy atom. The van der Waals surface area contributed by atoms with Gasteiger partial charge in [0.2, 0.25) is 0 Å². The minimum atomic E-state index is 0.455. The molecular weight excluding hydrogens is 174 g/mol. The van der Waals surface area contributed by atoms with Crippen LogP contribution in [0.5, 0.6) is 0 Å². The fraction of sp³-hybridized carbons (Fsp3) is 0.636. The molecule has 1 aromatic rings. The van der Waals surface area contributed by atoms with Crippen molar-refractivity contribution >= 4 is 0 Å². The standard InChI is InChI=1S/C11H19N3/c1-4-9(3)11-13-7-6-10(14-11)8-12-5-2/h6-7,9,12H,4-5,8H2,1-3H3. The van der Waals surface area contributed by atoms with Crippen molar-refractivity contribution in [3.8, 4) is 0 Å². The smallest absolute Gasteiger partial charge is 0.131 e. The van der Waals surface area contributed by atoms with Gasteiger partial charge in [-0.3, -0.25) is 0 Å². The Kier molecular flexibility index (Phi) is 4.53. The van der Waals surface area contributed by atoms with E-state index in [0.717, 1.165) is 31.0 Å².